The van der Waals surface area contributed by atoms with Gasteiger partial charge in [-0.3, -0.25) is 14.9 Å². The largest absolute Gasteiger partial charge is 0.362 e. The van der Waals surface area contributed by atoms with Gasteiger partial charge in [0.1, 0.15) is 5.69 Å². The van der Waals surface area contributed by atoms with E-state index in [4.69, 9.17) is 0 Å². The molecule has 0 aromatic heterocycles. The average Bonchev–Trinajstić information content (AvgIpc) is 3.03. The Hall–Kier alpha value is -2.20. The number of rotatable bonds is 6. The minimum atomic E-state index is -3.76. The Kier molecular flexibility index (Phi) is 7.53. The summed E-state index contributed by atoms with van der Waals surface area (Å²) in [4.78, 5) is 27.2. The third kappa shape index (κ3) is 5.54. The topological polar surface area (TPSA) is 104 Å². The SMILES string of the molecule is CC(C)CC(=O)N1CCN(c2ccc(S(=O)(=O)N3CCCCCC3)cc2[N+](=O)[O-])CC1. The first-order chi connectivity index (χ1) is 14.7. The van der Waals surface area contributed by atoms with Crippen LogP contribution in [0, 0.1) is 16.0 Å². The lowest BCUT2D eigenvalue weighted by Crippen LogP contribution is -2.49. The van der Waals surface area contributed by atoms with Crippen LogP contribution < -0.4 is 4.90 Å². The molecule has 0 N–H and O–H groups in total. The maximum atomic E-state index is 13.1. The van der Waals surface area contributed by atoms with Crippen LogP contribution in [0.5, 0.6) is 0 Å². The molecular weight excluding hydrogens is 420 g/mol. The third-order valence-electron chi connectivity index (χ3n) is 5.90. The Morgan fingerprint density at radius 3 is 2.19 bits per heavy atom. The van der Waals surface area contributed by atoms with Crippen molar-refractivity contribution in [3.63, 3.8) is 0 Å². The number of hydrogen-bond acceptors (Lipinski definition) is 6. The number of benzene rings is 1. The van der Waals surface area contributed by atoms with E-state index in [2.05, 4.69) is 0 Å². The van der Waals surface area contributed by atoms with Gasteiger partial charge >= 0.3 is 0 Å². The molecule has 31 heavy (non-hydrogen) atoms. The van der Waals surface area contributed by atoms with Gasteiger partial charge < -0.3 is 9.80 Å². The van der Waals surface area contributed by atoms with Crippen molar-refractivity contribution in [2.75, 3.05) is 44.2 Å². The Balaban J connectivity index is 1.79. The van der Waals surface area contributed by atoms with E-state index in [1.165, 1.54) is 22.5 Å². The van der Waals surface area contributed by atoms with Crippen molar-refractivity contribution in [3.05, 3.63) is 28.3 Å². The highest BCUT2D eigenvalue weighted by molar-refractivity contribution is 7.89. The molecule has 2 heterocycles. The van der Waals surface area contributed by atoms with Gasteiger partial charge in [-0.05, 0) is 30.9 Å². The summed E-state index contributed by atoms with van der Waals surface area (Å²) >= 11 is 0. The molecule has 0 radical (unpaired) electrons. The van der Waals surface area contributed by atoms with Crippen LogP contribution in [0.25, 0.3) is 0 Å². The molecule has 2 fully saturated rings. The van der Waals surface area contributed by atoms with Crippen LogP contribution in [0.1, 0.15) is 46.0 Å². The first-order valence-electron chi connectivity index (χ1n) is 11.0. The van der Waals surface area contributed by atoms with E-state index in [1.54, 1.807) is 4.90 Å². The van der Waals surface area contributed by atoms with Gasteiger partial charge in [0.25, 0.3) is 5.69 Å². The highest BCUT2D eigenvalue weighted by Gasteiger charge is 2.30. The van der Waals surface area contributed by atoms with Crippen molar-refractivity contribution in [2.45, 2.75) is 50.8 Å². The zero-order valence-electron chi connectivity index (χ0n) is 18.3. The Morgan fingerprint density at radius 1 is 1.03 bits per heavy atom. The summed E-state index contributed by atoms with van der Waals surface area (Å²) in [5.74, 6) is 0.383. The van der Waals surface area contributed by atoms with Gasteiger partial charge in [0.05, 0.1) is 9.82 Å². The van der Waals surface area contributed by atoms with Crippen LogP contribution in [-0.2, 0) is 14.8 Å². The molecule has 3 rings (SSSR count). The number of nitro groups is 1. The van der Waals surface area contributed by atoms with E-state index in [-0.39, 0.29) is 22.4 Å². The quantitative estimate of drug-likeness (QED) is 0.486. The Morgan fingerprint density at radius 2 is 1.65 bits per heavy atom. The number of amides is 1. The fraction of sp³-hybridized carbons (Fsp3) is 0.667. The lowest BCUT2D eigenvalue weighted by molar-refractivity contribution is -0.384. The molecule has 0 aliphatic carbocycles. The number of anilines is 1. The maximum Gasteiger partial charge on any atom is 0.293 e. The predicted octanol–water partition coefficient (Wildman–Crippen LogP) is 2.85. The maximum absolute atomic E-state index is 13.1. The monoisotopic (exact) mass is 452 g/mol. The second-order valence-corrected chi connectivity index (χ2v) is 10.6. The molecule has 1 amide bonds. The fourth-order valence-corrected chi connectivity index (χ4v) is 5.72. The highest BCUT2D eigenvalue weighted by Crippen LogP contribution is 2.33. The molecule has 0 spiro atoms. The number of nitro benzene ring substituents is 1. The van der Waals surface area contributed by atoms with E-state index in [0.717, 1.165) is 25.7 Å². The standard InChI is InChI=1S/C21H32N4O5S/c1-17(2)15-21(26)23-13-11-22(12-14-23)19-8-7-18(16-20(19)25(27)28)31(29,30)24-9-5-3-4-6-10-24/h7-8,16-17H,3-6,9-15H2,1-2H3. The fourth-order valence-electron chi connectivity index (χ4n) is 4.18. The van der Waals surface area contributed by atoms with E-state index >= 15 is 0 Å². The molecule has 2 saturated heterocycles. The average molecular weight is 453 g/mol. The van der Waals surface area contributed by atoms with Gasteiger partial charge in [-0.15, -0.1) is 0 Å². The van der Waals surface area contributed by atoms with Crippen LogP contribution in [0.2, 0.25) is 0 Å². The third-order valence-corrected chi connectivity index (χ3v) is 7.80. The second-order valence-electron chi connectivity index (χ2n) is 8.69. The van der Waals surface area contributed by atoms with Gasteiger partial charge in [-0.1, -0.05) is 26.7 Å². The molecule has 0 atom stereocenters. The van der Waals surface area contributed by atoms with Crippen LogP contribution in [0.4, 0.5) is 11.4 Å². The normalized spacial score (nSPS) is 18.8. The number of carbonyl (C=O) groups is 1. The zero-order valence-corrected chi connectivity index (χ0v) is 19.1. The first kappa shape index (κ1) is 23.5. The minimum Gasteiger partial charge on any atom is -0.362 e. The van der Waals surface area contributed by atoms with E-state index in [1.807, 2.05) is 18.7 Å². The van der Waals surface area contributed by atoms with Crippen molar-refractivity contribution < 1.29 is 18.1 Å². The van der Waals surface area contributed by atoms with E-state index < -0.39 is 14.9 Å². The predicted molar refractivity (Wildman–Crippen MR) is 119 cm³/mol. The van der Waals surface area contributed by atoms with Crippen LogP contribution >= 0.6 is 0 Å². The number of nitrogens with zero attached hydrogens (tertiary/aromatic N) is 4. The van der Waals surface area contributed by atoms with Gasteiger partial charge in [0.15, 0.2) is 0 Å². The van der Waals surface area contributed by atoms with Gasteiger partial charge in [0, 0.05) is 51.8 Å². The van der Waals surface area contributed by atoms with Crippen molar-refractivity contribution in [3.8, 4) is 0 Å². The van der Waals surface area contributed by atoms with Crippen molar-refractivity contribution in [2.24, 2.45) is 5.92 Å². The highest BCUT2D eigenvalue weighted by atomic mass is 32.2. The molecule has 2 aliphatic heterocycles. The number of carbonyl (C=O) groups excluding carboxylic acids is 1. The zero-order chi connectivity index (χ0) is 22.6. The molecule has 1 aromatic rings. The van der Waals surface area contributed by atoms with Crippen LogP contribution in [0.15, 0.2) is 23.1 Å². The molecule has 10 heteroatoms. The first-order valence-corrected chi connectivity index (χ1v) is 12.5. The van der Waals surface area contributed by atoms with E-state index in [0.29, 0.717) is 51.4 Å². The summed E-state index contributed by atoms with van der Waals surface area (Å²) in [5, 5.41) is 11.8. The van der Waals surface area contributed by atoms with Crippen molar-refractivity contribution >= 4 is 27.3 Å². The van der Waals surface area contributed by atoms with Crippen LogP contribution in [-0.4, -0.2) is 67.7 Å². The van der Waals surface area contributed by atoms with Gasteiger partial charge in [-0.25, -0.2) is 8.42 Å². The second kappa shape index (κ2) is 9.95. The Labute approximate surface area is 184 Å². The molecule has 0 bridgehead atoms. The van der Waals surface area contributed by atoms with Gasteiger partial charge in [0.2, 0.25) is 15.9 Å². The lowest BCUT2D eigenvalue weighted by Gasteiger charge is -2.36. The van der Waals surface area contributed by atoms with E-state index in [9.17, 15) is 23.3 Å². The molecule has 2 aliphatic rings. The van der Waals surface area contributed by atoms with Crippen molar-refractivity contribution in [1.82, 2.24) is 9.21 Å². The summed E-state index contributed by atoms with van der Waals surface area (Å²) in [6.07, 6.45) is 4.09. The minimum absolute atomic E-state index is 0.0319. The Bertz CT molecular complexity index is 902. The van der Waals surface area contributed by atoms with Crippen molar-refractivity contribution in [1.29, 1.82) is 0 Å². The molecular formula is C21H32N4O5S. The lowest BCUT2D eigenvalue weighted by atomic mass is 10.1. The summed E-state index contributed by atoms with van der Waals surface area (Å²) < 4.78 is 27.6. The number of sulfonamides is 1. The number of hydrogen-bond donors (Lipinski definition) is 0. The smallest absolute Gasteiger partial charge is 0.293 e. The van der Waals surface area contributed by atoms with Crippen LogP contribution in [0.3, 0.4) is 0 Å². The summed E-state index contributed by atoms with van der Waals surface area (Å²) in [7, 11) is -3.76. The number of piperazine rings is 1. The molecule has 172 valence electrons. The molecule has 1 aromatic carbocycles. The van der Waals surface area contributed by atoms with Gasteiger partial charge in [-0.2, -0.15) is 4.31 Å². The molecule has 0 saturated carbocycles. The summed E-state index contributed by atoms with van der Waals surface area (Å²) in [6.45, 7) is 6.84. The summed E-state index contributed by atoms with van der Waals surface area (Å²) in [6, 6.07) is 4.19. The molecule has 9 nitrogen and oxygen atoms in total. The molecule has 0 unspecified atom stereocenters. The summed E-state index contributed by atoms with van der Waals surface area (Å²) in [5.41, 5.74) is 0.189.